The molecule has 1 saturated heterocycles. The highest BCUT2D eigenvalue weighted by atomic mass is 16.2. The molecule has 2 fully saturated rings. The maximum absolute atomic E-state index is 12.8. The van der Waals surface area contributed by atoms with E-state index in [4.69, 9.17) is 9.97 Å². The molecule has 4 rings (SSSR count). The smallest absolute Gasteiger partial charge is 0.236 e. The number of nitrogens with zero attached hydrogens (tertiary/aromatic N) is 5. The molecule has 3 heterocycles. The van der Waals surface area contributed by atoms with Crippen molar-refractivity contribution >= 4 is 17.6 Å². The highest BCUT2D eigenvalue weighted by molar-refractivity contribution is 6.00. The highest BCUT2D eigenvalue weighted by Crippen LogP contribution is 2.36. The number of likely N-dealkylation sites (tertiary alicyclic amines) is 1. The van der Waals surface area contributed by atoms with Crippen molar-refractivity contribution in [3.8, 4) is 0 Å². The molecule has 1 aliphatic carbocycles. The van der Waals surface area contributed by atoms with Crippen molar-refractivity contribution in [2.75, 3.05) is 38.6 Å². The number of anilines is 1. The van der Waals surface area contributed by atoms with E-state index in [1.807, 2.05) is 11.8 Å². The first kappa shape index (κ1) is 21.2. The minimum atomic E-state index is 0.0406. The summed E-state index contributed by atoms with van der Waals surface area (Å²) < 4.78 is 0. The maximum atomic E-state index is 12.8. The number of rotatable bonds is 5. The fourth-order valence-electron chi connectivity index (χ4n) is 5.15. The van der Waals surface area contributed by atoms with Gasteiger partial charge in [0.15, 0.2) is 0 Å². The predicted octanol–water partition coefficient (Wildman–Crippen LogP) is 2.87. The van der Waals surface area contributed by atoms with Gasteiger partial charge >= 0.3 is 0 Å². The Morgan fingerprint density at radius 3 is 2.53 bits per heavy atom. The topological polar surface area (TPSA) is 69.6 Å². The number of carbonyl (C=O) groups excluding carboxylic acids is 2. The Morgan fingerprint density at radius 2 is 1.80 bits per heavy atom. The molecule has 7 heteroatoms. The molecule has 0 unspecified atom stereocenters. The average molecular weight is 414 g/mol. The quantitative estimate of drug-likeness (QED) is 0.742. The molecule has 1 aromatic rings. The van der Waals surface area contributed by atoms with Crippen LogP contribution in [0, 0.1) is 12.8 Å². The fraction of sp³-hybridized carbons (Fsp3) is 0.739. The molecule has 1 saturated carbocycles. The normalized spacial score (nSPS) is 23.0. The molecule has 0 spiro atoms. The van der Waals surface area contributed by atoms with E-state index in [-0.39, 0.29) is 17.9 Å². The summed E-state index contributed by atoms with van der Waals surface area (Å²) in [6.45, 7) is 4.06. The van der Waals surface area contributed by atoms with Crippen LogP contribution in [0.5, 0.6) is 0 Å². The first-order valence-corrected chi connectivity index (χ1v) is 11.6. The third-order valence-electron chi connectivity index (χ3n) is 7.01. The molecular formula is C23H35N5O2. The SMILES string of the molecule is Cc1nc([C@@H]2CCCCN2CC(=O)N(C)C)nc2c1CC(=O)N2CC1CCCCC1. The molecular weight excluding hydrogens is 378 g/mol. The number of amides is 2. The molecule has 2 aliphatic heterocycles. The number of aryl methyl sites for hydroxylation is 1. The van der Waals surface area contributed by atoms with Crippen molar-refractivity contribution in [3.63, 3.8) is 0 Å². The van der Waals surface area contributed by atoms with Gasteiger partial charge in [0.1, 0.15) is 11.6 Å². The first-order chi connectivity index (χ1) is 14.4. The molecule has 164 valence electrons. The zero-order chi connectivity index (χ0) is 21.3. The van der Waals surface area contributed by atoms with E-state index in [0.717, 1.165) is 55.3 Å². The van der Waals surface area contributed by atoms with Crippen molar-refractivity contribution in [1.82, 2.24) is 19.8 Å². The van der Waals surface area contributed by atoms with Crippen molar-refractivity contribution in [2.45, 2.75) is 70.8 Å². The summed E-state index contributed by atoms with van der Waals surface area (Å²) in [7, 11) is 3.60. The number of carbonyl (C=O) groups is 2. The van der Waals surface area contributed by atoms with Crippen molar-refractivity contribution in [3.05, 3.63) is 17.1 Å². The van der Waals surface area contributed by atoms with Crippen LogP contribution in [0.25, 0.3) is 0 Å². The Bertz CT molecular complexity index is 803. The van der Waals surface area contributed by atoms with Crippen LogP contribution in [0.1, 0.15) is 74.5 Å². The highest BCUT2D eigenvalue weighted by Gasteiger charge is 2.35. The Morgan fingerprint density at radius 1 is 1.07 bits per heavy atom. The lowest BCUT2D eigenvalue weighted by Crippen LogP contribution is -2.42. The number of likely N-dealkylation sites (N-methyl/N-ethyl adjacent to an activating group) is 1. The van der Waals surface area contributed by atoms with E-state index in [1.54, 1.807) is 19.0 Å². The number of piperidine rings is 1. The van der Waals surface area contributed by atoms with Crippen LogP contribution in [0.3, 0.4) is 0 Å². The van der Waals surface area contributed by atoms with Crippen LogP contribution in [0.4, 0.5) is 5.82 Å². The van der Waals surface area contributed by atoms with E-state index in [0.29, 0.717) is 18.9 Å². The minimum Gasteiger partial charge on any atom is -0.348 e. The molecule has 1 atom stereocenters. The second kappa shape index (κ2) is 9.00. The van der Waals surface area contributed by atoms with E-state index in [1.165, 1.54) is 32.1 Å². The van der Waals surface area contributed by atoms with Crippen LogP contribution in [-0.4, -0.2) is 65.3 Å². The van der Waals surface area contributed by atoms with Gasteiger partial charge in [-0.1, -0.05) is 25.7 Å². The van der Waals surface area contributed by atoms with Crippen LogP contribution in [0.2, 0.25) is 0 Å². The van der Waals surface area contributed by atoms with Crippen LogP contribution >= 0.6 is 0 Å². The zero-order valence-corrected chi connectivity index (χ0v) is 18.7. The van der Waals surface area contributed by atoms with Gasteiger partial charge in [-0.2, -0.15) is 0 Å². The van der Waals surface area contributed by atoms with Gasteiger partial charge in [0.05, 0.1) is 19.0 Å². The standard InChI is InChI=1S/C23H35N5O2/c1-16-18-13-20(29)28(14-17-9-5-4-6-10-17)23(18)25-22(24-16)19-11-7-8-12-27(19)15-21(30)26(2)3/h17,19H,4-15H2,1-3H3/t19-/m0/s1. The third kappa shape index (κ3) is 4.36. The molecule has 30 heavy (non-hydrogen) atoms. The second-order valence-electron chi connectivity index (χ2n) is 9.42. The summed E-state index contributed by atoms with van der Waals surface area (Å²) in [5.74, 6) is 2.46. The monoisotopic (exact) mass is 413 g/mol. The van der Waals surface area contributed by atoms with Crippen LogP contribution < -0.4 is 4.90 Å². The summed E-state index contributed by atoms with van der Waals surface area (Å²) in [6.07, 6.45) is 9.84. The molecule has 2 amide bonds. The van der Waals surface area contributed by atoms with E-state index < -0.39 is 0 Å². The minimum absolute atomic E-state index is 0.0406. The predicted molar refractivity (Wildman–Crippen MR) is 116 cm³/mol. The summed E-state index contributed by atoms with van der Waals surface area (Å²) in [4.78, 5) is 40.8. The second-order valence-corrected chi connectivity index (χ2v) is 9.42. The largest absolute Gasteiger partial charge is 0.348 e. The van der Waals surface area contributed by atoms with E-state index in [2.05, 4.69) is 4.90 Å². The summed E-state index contributed by atoms with van der Waals surface area (Å²) >= 11 is 0. The van der Waals surface area contributed by atoms with Gasteiger partial charge in [0.2, 0.25) is 11.8 Å². The molecule has 3 aliphatic rings. The molecule has 0 N–H and O–H groups in total. The molecule has 0 aromatic carbocycles. The zero-order valence-electron chi connectivity index (χ0n) is 18.7. The maximum Gasteiger partial charge on any atom is 0.236 e. The Kier molecular flexibility index (Phi) is 6.37. The van der Waals surface area contributed by atoms with E-state index >= 15 is 0 Å². The Labute approximate surface area is 179 Å². The molecule has 1 aromatic heterocycles. The molecule has 0 radical (unpaired) electrons. The third-order valence-corrected chi connectivity index (χ3v) is 7.01. The number of hydrogen-bond donors (Lipinski definition) is 0. The lowest BCUT2D eigenvalue weighted by atomic mass is 9.89. The van der Waals surface area contributed by atoms with Gasteiger partial charge in [-0.25, -0.2) is 9.97 Å². The van der Waals surface area contributed by atoms with Crippen LogP contribution in [-0.2, 0) is 16.0 Å². The number of aromatic nitrogens is 2. The van der Waals surface area contributed by atoms with E-state index in [9.17, 15) is 9.59 Å². The van der Waals surface area contributed by atoms with Crippen molar-refractivity contribution in [1.29, 1.82) is 0 Å². The van der Waals surface area contributed by atoms with Gasteiger partial charge in [-0.3, -0.25) is 19.4 Å². The molecule has 7 nitrogen and oxygen atoms in total. The number of hydrogen-bond acceptors (Lipinski definition) is 5. The molecule has 0 bridgehead atoms. The van der Waals surface area contributed by atoms with Gasteiger partial charge in [-0.15, -0.1) is 0 Å². The fourth-order valence-corrected chi connectivity index (χ4v) is 5.15. The van der Waals surface area contributed by atoms with Gasteiger partial charge < -0.3 is 4.90 Å². The summed E-state index contributed by atoms with van der Waals surface area (Å²) in [5, 5.41) is 0. The average Bonchev–Trinajstić information content (AvgIpc) is 3.05. The lowest BCUT2D eigenvalue weighted by Gasteiger charge is -2.35. The van der Waals surface area contributed by atoms with Gasteiger partial charge in [0, 0.05) is 31.9 Å². The lowest BCUT2D eigenvalue weighted by molar-refractivity contribution is -0.131. The van der Waals surface area contributed by atoms with Crippen molar-refractivity contribution < 1.29 is 9.59 Å². The van der Waals surface area contributed by atoms with Crippen LogP contribution in [0.15, 0.2) is 0 Å². The Hall–Kier alpha value is -2.02. The van der Waals surface area contributed by atoms with Crippen molar-refractivity contribution in [2.24, 2.45) is 5.92 Å². The summed E-state index contributed by atoms with van der Waals surface area (Å²) in [5.41, 5.74) is 1.91. The van der Waals surface area contributed by atoms with Gasteiger partial charge in [0.25, 0.3) is 0 Å². The Balaban J connectivity index is 1.59. The van der Waals surface area contributed by atoms with Gasteiger partial charge in [-0.05, 0) is 45.1 Å². The number of fused-ring (bicyclic) bond motifs is 1. The summed E-state index contributed by atoms with van der Waals surface area (Å²) in [6, 6.07) is 0.0406. The first-order valence-electron chi connectivity index (χ1n) is 11.6.